The van der Waals surface area contributed by atoms with E-state index in [-0.39, 0.29) is 24.8 Å². The molecule has 2 aliphatic rings. The predicted molar refractivity (Wildman–Crippen MR) is 54.6 cm³/mol. The number of likely N-dealkylation sites (tertiary alicyclic amines) is 1. The Morgan fingerprint density at radius 1 is 1.22 bits per heavy atom. The molecule has 102 valence electrons. The number of alkyl halides is 3. The highest BCUT2D eigenvalue weighted by Crippen LogP contribution is 2.39. The van der Waals surface area contributed by atoms with Gasteiger partial charge in [-0.15, -0.1) is 0 Å². The molecule has 1 saturated carbocycles. The van der Waals surface area contributed by atoms with Gasteiger partial charge >= 0.3 is 12.1 Å². The van der Waals surface area contributed by atoms with Crippen LogP contribution in [0, 0.1) is 17.8 Å². The molecule has 2 fully saturated rings. The number of carbonyl (C=O) groups is 2. The van der Waals surface area contributed by atoms with Gasteiger partial charge in [-0.2, -0.15) is 13.2 Å². The summed E-state index contributed by atoms with van der Waals surface area (Å²) in [5, 5.41) is 8.80. The van der Waals surface area contributed by atoms with Gasteiger partial charge in [-0.1, -0.05) is 0 Å². The molecule has 1 aliphatic carbocycles. The molecule has 0 radical (unpaired) electrons. The number of carboxylic acid groups (broad SMARTS) is 1. The molecule has 0 aromatic heterocycles. The Bertz CT molecular complexity index is 365. The summed E-state index contributed by atoms with van der Waals surface area (Å²) in [4.78, 5) is 23.6. The van der Waals surface area contributed by atoms with Crippen molar-refractivity contribution in [3.8, 4) is 0 Å². The number of carboxylic acids is 1. The highest BCUT2D eigenvalue weighted by molar-refractivity contribution is 5.79. The number of nitrogens with zero attached hydrogens (tertiary/aromatic N) is 1. The molecule has 1 N–H and O–H groups in total. The maximum Gasteiger partial charge on any atom is 0.394 e. The van der Waals surface area contributed by atoms with Gasteiger partial charge < -0.3 is 10.0 Å². The highest BCUT2D eigenvalue weighted by atomic mass is 19.4. The van der Waals surface area contributed by atoms with Crippen LogP contribution in [-0.2, 0) is 9.59 Å². The van der Waals surface area contributed by atoms with Gasteiger partial charge in [0.2, 0.25) is 5.91 Å². The van der Waals surface area contributed by atoms with E-state index in [4.69, 9.17) is 5.11 Å². The Morgan fingerprint density at radius 3 is 2.22 bits per heavy atom. The molecule has 1 amide bonds. The summed E-state index contributed by atoms with van der Waals surface area (Å²) in [5.41, 5.74) is 0. The monoisotopic (exact) mass is 265 g/mol. The summed E-state index contributed by atoms with van der Waals surface area (Å²) >= 11 is 0. The summed E-state index contributed by atoms with van der Waals surface area (Å²) in [6.45, 7) is -0.850. The molecular weight excluding hydrogens is 251 g/mol. The lowest BCUT2D eigenvalue weighted by atomic mass is 9.96. The van der Waals surface area contributed by atoms with Crippen LogP contribution in [0.5, 0.6) is 0 Å². The highest BCUT2D eigenvalue weighted by Gasteiger charge is 2.53. The summed E-state index contributed by atoms with van der Waals surface area (Å²) in [6.07, 6.45) is -2.45. The molecule has 1 aliphatic heterocycles. The lowest BCUT2D eigenvalue weighted by molar-refractivity contribution is -0.188. The molecule has 7 heteroatoms. The Hall–Kier alpha value is -1.27. The van der Waals surface area contributed by atoms with Crippen molar-refractivity contribution in [3.05, 3.63) is 0 Å². The number of hydrogen-bond acceptors (Lipinski definition) is 2. The first-order valence-corrected chi connectivity index (χ1v) is 5.86. The molecule has 2 rings (SSSR count). The van der Waals surface area contributed by atoms with Crippen molar-refractivity contribution in [3.63, 3.8) is 0 Å². The van der Waals surface area contributed by atoms with Gasteiger partial charge in [0.05, 0.1) is 11.8 Å². The molecule has 0 aromatic rings. The van der Waals surface area contributed by atoms with E-state index in [1.165, 1.54) is 0 Å². The van der Waals surface area contributed by atoms with Crippen LogP contribution in [0.3, 0.4) is 0 Å². The van der Waals surface area contributed by atoms with E-state index in [0.29, 0.717) is 0 Å². The second kappa shape index (κ2) is 4.44. The maximum absolute atomic E-state index is 12.7. The molecule has 1 saturated heterocycles. The molecular formula is C11H14F3NO3. The SMILES string of the molecule is O=C(O)[C@@H]1CN(C(=O)CC2CC2)C[C@H]1C(F)(F)F. The second-order valence-electron chi connectivity index (χ2n) is 5.04. The third-order valence-electron chi connectivity index (χ3n) is 3.57. The van der Waals surface area contributed by atoms with Crippen LogP contribution >= 0.6 is 0 Å². The first kappa shape index (κ1) is 13.2. The Balaban J connectivity index is 2.03. The Labute approximate surface area is 102 Å². The first-order valence-electron chi connectivity index (χ1n) is 5.86. The number of halogens is 3. The second-order valence-corrected chi connectivity index (χ2v) is 5.04. The van der Waals surface area contributed by atoms with Crippen molar-refractivity contribution < 1.29 is 27.9 Å². The van der Waals surface area contributed by atoms with Crippen LogP contribution in [0.4, 0.5) is 13.2 Å². The topological polar surface area (TPSA) is 57.6 Å². The maximum atomic E-state index is 12.7. The minimum atomic E-state index is -4.57. The van der Waals surface area contributed by atoms with Crippen molar-refractivity contribution in [1.82, 2.24) is 4.90 Å². The molecule has 0 aromatic carbocycles. The normalized spacial score (nSPS) is 28.5. The minimum absolute atomic E-state index is 0.247. The minimum Gasteiger partial charge on any atom is -0.481 e. The van der Waals surface area contributed by atoms with Crippen LogP contribution in [0.15, 0.2) is 0 Å². The molecule has 0 unspecified atom stereocenters. The summed E-state index contributed by atoms with van der Waals surface area (Å²) in [7, 11) is 0. The Kier molecular flexibility index (Phi) is 3.25. The molecule has 4 nitrogen and oxygen atoms in total. The van der Waals surface area contributed by atoms with Crippen molar-refractivity contribution in [2.24, 2.45) is 17.8 Å². The van der Waals surface area contributed by atoms with Gasteiger partial charge in [0.1, 0.15) is 0 Å². The van der Waals surface area contributed by atoms with E-state index in [1.54, 1.807) is 0 Å². The van der Waals surface area contributed by atoms with E-state index in [0.717, 1.165) is 17.7 Å². The summed E-state index contributed by atoms with van der Waals surface area (Å²) < 4.78 is 38.0. The third kappa shape index (κ3) is 2.76. The van der Waals surface area contributed by atoms with E-state index in [2.05, 4.69) is 0 Å². The van der Waals surface area contributed by atoms with Crippen molar-refractivity contribution in [2.45, 2.75) is 25.4 Å². The molecule has 0 bridgehead atoms. The first-order chi connectivity index (χ1) is 8.29. The predicted octanol–water partition coefficient (Wildman–Crippen LogP) is 1.51. The lowest BCUT2D eigenvalue weighted by Gasteiger charge is -2.18. The average Bonchev–Trinajstić information content (AvgIpc) is 2.92. The average molecular weight is 265 g/mol. The van der Waals surface area contributed by atoms with Crippen molar-refractivity contribution in [2.75, 3.05) is 13.1 Å². The van der Waals surface area contributed by atoms with Gasteiger partial charge in [-0.05, 0) is 18.8 Å². The quantitative estimate of drug-likeness (QED) is 0.841. The third-order valence-corrected chi connectivity index (χ3v) is 3.57. The van der Waals surface area contributed by atoms with Crippen molar-refractivity contribution >= 4 is 11.9 Å². The standard InChI is InChI=1S/C11H14F3NO3/c12-11(13,14)8-5-15(4-7(8)10(17)18)9(16)3-6-1-2-6/h6-8H,1-5H2,(H,17,18)/t7-,8-/m1/s1. The number of hydrogen-bond donors (Lipinski definition) is 1. The van der Waals surface area contributed by atoms with Crippen LogP contribution in [0.25, 0.3) is 0 Å². The number of carbonyl (C=O) groups excluding carboxylic acids is 1. The van der Waals surface area contributed by atoms with Gasteiger partial charge in [-0.3, -0.25) is 9.59 Å². The number of amides is 1. The summed E-state index contributed by atoms with van der Waals surface area (Å²) in [5.74, 6) is -5.04. The molecule has 18 heavy (non-hydrogen) atoms. The van der Waals surface area contributed by atoms with E-state index < -0.39 is 30.5 Å². The zero-order valence-corrected chi connectivity index (χ0v) is 9.61. The zero-order valence-electron chi connectivity index (χ0n) is 9.61. The van der Waals surface area contributed by atoms with E-state index in [1.807, 2.05) is 0 Å². The van der Waals surface area contributed by atoms with Crippen LogP contribution in [0.2, 0.25) is 0 Å². The smallest absolute Gasteiger partial charge is 0.394 e. The van der Waals surface area contributed by atoms with E-state index in [9.17, 15) is 22.8 Å². The number of rotatable bonds is 3. The fourth-order valence-electron chi connectivity index (χ4n) is 2.29. The van der Waals surface area contributed by atoms with Crippen molar-refractivity contribution in [1.29, 1.82) is 0 Å². The molecule has 1 heterocycles. The number of aliphatic carboxylic acids is 1. The van der Waals surface area contributed by atoms with Gasteiger partial charge in [0.25, 0.3) is 0 Å². The lowest BCUT2D eigenvalue weighted by Crippen LogP contribution is -2.34. The van der Waals surface area contributed by atoms with Crippen LogP contribution in [0.1, 0.15) is 19.3 Å². The Morgan fingerprint density at radius 2 is 1.83 bits per heavy atom. The zero-order chi connectivity index (χ0) is 13.5. The summed E-state index contributed by atoms with van der Waals surface area (Å²) in [6, 6.07) is 0. The fraction of sp³-hybridized carbons (Fsp3) is 0.818. The molecule has 2 atom stereocenters. The largest absolute Gasteiger partial charge is 0.481 e. The fourth-order valence-corrected chi connectivity index (χ4v) is 2.29. The molecule has 0 spiro atoms. The van der Waals surface area contributed by atoms with Gasteiger partial charge in [0, 0.05) is 19.5 Å². The van der Waals surface area contributed by atoms with E-state index >= 15 is 0 Å². The van der Waals surface area contributed by atoms with Gasteiger partial charge in [-0.25, -0.2) is 0 Å². The van der Waals surface area contributed by atoms with Gasteiger partial charge in [0.15, 0.2) is 0 Å². The van der Waals surface area contributed by atoms with Crippen LogP contribution in [-0.4, -0.2) is 41.1 Å². The van der Waals surface area contributed by atoms with Crippen LogP contribution < -0.4 is 0 Å².